The minimum absolute atomic E-state index is 0.0698. The number of allylic oxidation sites excluding steroid dienone is 1. The lowest BCUT2D eigenvalue weighted by molar-refractivity contribution is -0.107. The van der Waals surface area contributed by atoms with Crippen LogP contribution >= 0.6 is 0 Å². The Hall–Kier alpha value is -3.12. The number of hydrogen-bond donors (Lipinski definition) is 0. The number of fused-ring (bicyclic) bond motifs is 1. The van der Waals surface area contributed by atoms with Gasteiger partial charge in [0, 0.05) is 30.6 Å². The first-order valence-corrected chi connectivity index (χ1v) is 13.5. The fourth-order valence-corrected chi connectivity index (χ4v) is 6.83. The number of aromatic nitrogens is 4. The second-order valence-electron chi connectivity index (χ2n) is 9.51. The molecule has 12 heteroatoms. The van der Waals surface area contributed by atoms with Gasteiger partial charge in [-0.3, -0.25) is 0 Å². The fraction of sp³-hybridized carbons (Fsp3) is 0.400. The summed E-state index contributed by atoms with van der Waals surface area (Å²) >= 11 is 0. The molecule has 0 N–H and O–H groups in total. The molecule has 0 radical (unpaired) electrons. The molecule has 0 saturated heterocycles. The number of sulfonamides is 1. The van der Waals surface area contributed by atoms with Crippen LogP contribution in [0.2, 0.25) is 0 Å². The molecule has 37 heavy (non-hydrogen) atoms. The molecule has 2 aliphatic carbocycles. The standard InChI is InChI=1S/C25H25F4N5O2S/c1-16-22-12-31-34(21-8-6-19(26)7-9-21)23(22)11-17-4-5-18(24(16)17)13-33(14-20-3-2-10-30-32-20)37(35,36)15-25(27,28)29/h2-3,6-10,12,16,18H,4-5,11,13-15H2,1H3/t16-,18+/m0/s1. The van der Waals surface area contributed by atoms with Gasteiger partial charge in [-0.2, -0.15) is 32.8 Å². The quantitative estimate of drug-likeness (QED) is 0.327. The molecule has 7 nitrogen and oxygen atoms in total. The lowest BCUT2D eigenvalue weighted by Gasteiger charge is -2.30. The maximum absolute atomic E-state index is 13.4. The van der Waals surface area contributed by atoms with Crippen LogP contribution in [0.5, 0.6) is 0 Å². The van der Waals surface area contributed by atoms with Crippen LogP contribution in [0.15, 0.2) is 59.9 Å². The molecule has 0 saturated carbocycles. The van der Waals surface area contributed by atoms with Crippen LogP contribution in [0, 0.1) is 11.7 Å². The van der Waals surface area contributed by atoms with Crippen LogP contribution in [-0.4, -0.2) is 51.2 Å². The number of halogens is 4. The molecule has 0 spiro atoms. The van der Waals surface area contributed by atoms with E-state index in [1.807, 2.05) is 6.92 Å². The number of nitrogens with zero attached hydrogens (tertiary/aromatic N) is 5. The summed E-state index contributed by atoms with van der Waals surface area (Å²) in [6.07, 6.45) is 0.280. The molecular weight excluding hydrogens is 510 g/mol. The molecule has 1 aromatic carbocycles. The van der Waals surface area contributed by atoms with Crippen molar-refractivity contribution in [2.45, 2.75) is 44.8 Å². The normalized spacial score (nSPS) is 19.8. The summed E-state index contributed by atoms with van der Waals surface area (Å²) in [4.78, 5) is 0. The van der Waals surface area contributed by atoms with Crippen LogP contribution in [0.25, 0.3) is 5.69 Å². The summed E-state index contributed by atoms with van der Waals surface area (Å²) in [5.41, 5.74) is 5.20. The average molecular weight is 536 g/mol. The maximum atomic E-state index is 13.4. The Labute approximate surface area is 211 Å². The number of alkyl halides is 3. The number of rotatable bonds is 7. The van der Waals surface area contributed by atoms with Gasteiger partial charge in [0.15, 0.2) is 5.75 Å². The molecule has 2 heterocycles. The highest BCUT2D eigenvalue weighted by Crippen LogP contribution is 2.47. The summed E-state index contributed by atoms with van der Waals surface area (Å²) in [5.74, 6) is -2.58. The van der Waals surface area contributed by atoms with Crippen LogP contribution in [-0.2, 0) is 23.0 Å². The van der Waals surface area contributed by atoms with E-state index in [1.54, 1.807) is 35.1 Å². The topological polar surface area (TPSA) is 81.0 Å². The highest BCUT2D eigenvalue weighted by atomic mass is 32.2. The van der Waals surface area contributed by atoms with Crippen molar-refractivity contribution < 1.29 is 26.0 Å². The molecule has 0 amide bonds. The van der Waals surface area contributed by atoms with Gasteiger partial charge in [0.2, 0.25) is 10.0 Å². The van der Waals surface area contributed by atoms with E-state index < -0.39 is 22.0 Å². The van der Waals surface area contributed by atoms with Gasteiger partial charge in [0.1, 0.15) is 5.82 Å². The van der Waals surface area contributed by atoms with Gasteiger partial charge in [0.05, 0.1) is 29.8 Å². The third-order valence-corrected chi connectivity index (χ3v) is 8.82. The smallest absolute Gasteiger partial charge is 0.237 e. The minimum atomic E-state index is -4.86. The molecule has 5 rings (SSSR count). The largest absolute Gasteiger partial charge is 0.404 e. The Bertz CT molecular complexity index is 1420. The van der Waals surface area contributed by atoms with Crippen molar-refractivity contribution in [1.29, 1.82) is 0 Å². The van der Waals surface area contributed by atoms with Crippen molar-refractivity contribution in [1.82, 2.24) is 24.3 Å². The predicted octanol–water partition coefficient (Wildman–Crippen LogP) is 4.56. The number of hydrogen-bond acceptors (Lipinski definition) is 5. The van der Waals surface area contributed by atoms with Gasteiger partial charge in [-0.1, -0.05) is 18.1 Å². The minimum Gasteiger partial charge on any atom is -0.237 e. The van der Waals surface area contributed by atoms with Crippen molar-refractivity contribution in [2.24, 2.45) is 5.92 Å². The first-order chi connectivity index (χ1) is 17.5. The molecule has 0 aliphatic heterocycles. The van der Waals surface area contributed by atoms with Crippen molar-refractivity contribution >= 4 is 10.0 Å². The first kappa shape index (κ1) is 25.5. The Morgan fingerprint density at radius 1 is 1.16 bits per heavy atom. The van der Waals surface area contributed by atoms with E-state index in [-0.39, 0.29) is 36.4 Å². The molecule has 196 valence electrons. The van der Waals surface area contributed by atoms with Crippen LogP contribution in [0.3, 0.4) is 0 Å². The summed E-state index contributed by atoms with van der Waals surface area (Å²) in [6, 6.07) is 9.17. The van der Waals surface area contributed by atoms with Crippen molar-refractivity contribution in [2.75, 3.05) is 12.3 Å². The second-order valence-corrected chi connectivity index (χ2v) is 11.5. The number of benzene rings is 1. The van der Waals surface area contributed by atoms with Crippen LogP contribution < -0.4 is 0 Å². The zero-order chi connectivity index (χ0) is 26.4. The molecule has 0 unspecified atom stereocenters. The Morgan fingerprint density at radius 2 is 1.92 bits per heavy atom. The van der Waals surface area contributed by atoms with Gasteiger partial charge in [-0.05, 0) is 55.2 Å². The van der Waals surface area contributed by atoms with Crippen molar-refractivity contribution in [3.05, 3.63) is 82.7 Å². The van der Waals surface area contributed by atoms with Gasteiger partial charge < -0.3 is 0 Å². The highest BCUT2D eigenvalue weighted by molar-refractivity contribution is 7.89. The van der Waals surface area contributed by atoms with Gasteiger partial charge in [-0.15, -0.1) is 0 Å². The average Bonchev–Trinajstić information content (AvgIpc) is 3.43. The predicted molar refractivity (Wildman–Crippen MR) is 128 cm³/mol. The third kappa shape index (κ3) is 5.30. The zero-order valence-electron chi connectivity index (χ0n) is 20.0. The van der Waals surface area contributed by atoms with E-state index in [4.69, 9.17) is 0 Å². The SMILES string of the molecule is C[C@@H]1C2=C(CC[C@@H]2CN(Cc2cccnn2)S(=O)(=O)CC(F)(F)F)Cc2c1cnn2-c1ccc(F)cc1. The molecule has 0 bridgehead atoms. The van der Waals surface area contributed by atoms with E-state index in [1.165, 1.54) is 18.3 Å². The summed E-state index contributed by atoms with van der Waals surface area (Å²) in [6.45, 7) is 1.66. The van der Waals surface area contributed by atoms with E-state index in [2.05, 4.69) is 15.3 Å². The summed E-state index contributed by atoms with van der Waals surface area (Å²) < 4.78 is 81.3. The Kier molecular flexibility index (Phi) is 6.65. The molecule has 0 fully saturated rings. The van der Waals surface area contributed by atoms with Gasteiger partial charge in [0.25, 0.3) is 0 Å². The summed E-state index contributed by atoms with van der Waals surface area (Å²) in [5, 5.41) is 12.1. The van der Waals surface area contributed by atoms with Crippen LogP contribution in [0.4, 0.5) is 17.6 Å². The molecule has 2 aliphatic rings. The lowest BCUT2D eigenvalue weighted by atomic mass is 9.80. The van der Waals surface area contributed by atoms with Crippen molar-refractivity contribution in [3.8, 4) is 5.69 Å². The van der Waals surface area contributed by atoms with E-state index in [0.717, 1.165) is 38.8 Å². The maximum Gasteiger partial charge on any atom is 0.404 e. The van der Waals surface area contributed by atoms with Crippen LogP contribution in [0.1, 0.15) is 42.6 Å². The van der Waals surface area contributed by atoms with Gasteiger partial charge in [-0.25, -0.2) is 17.5 Å². The molecule has 2 atom stereocenters. The first-order valence-electron chi connectivity index (χ1n) is 11.9. The monoisotopic (exact) mass is 535 g/mol. The summed E-state index contributed by atoms with van der Waals surface area (Å²) in [7, 11) is -4.65. The van der Waals surface area contributed by atoms with E-state index in [9.17, 15) is 26.0 Å². The van der Waals surface area contributed by atoms with Crippen molar-refractivity contribution in [3.63, 3.8) is 0 Å². The van der Waals surface area contributed by atoms with E-state index in [0.29, 0.717) is 12.8 Å². The zero-order valence-corrected chi connectivity index (χ0v) is 20.8. The highest BCUT2D eigenvalue weighted by Gasteiger charge is 2.42. The molecule has 3 aromatic rings. The lowest BCUT2D eigenvalue weighted by Crippen LogP contribution is -2.40. The fourth-order valence-electron chi connectivity index (χ4n) is 5.50. The Morgan fingerprint density at radius 3 is 2.59 bits per heavy atom. The van der Waals surface area contributed by atoms with Gasteiger partial charge >= 0.3 is 6.18 Å². The molecule has 2 aromatic heterocycles. The third-order valence-electron chi connectivity index (χ3n) is 7.06. The Balaban J connectivity index is 1.43. The molecular formula is C25H25F4N5O2S. The second kappa shape index (κ2) is 9.64. The van der Waals surface area contributed by atoms with E-state index >= 15 is 0 Å².